The maximum absolute atomic E-state index is 13.1. The first-order valence-electron chi connectivity index (χ1n) is 9.98. The number of aromatic nitrogens is 3. The summed E-state index contributed by atoms with van der Waals surface area (Å²) >= 11 is 0. The quantitative estimate of drug-likeness (QED) is 0.669. The zero-order chi connectivity index (χ0) is 20.4. The van der Waals surface area contributed by atoms with Crippen LogP contribution in [0.3, 0.4) is 0 Å². The number of carbonyl (C=O) groups is 1. The van der Waals surface area contributed by atoms with E-state index in [0.29, 0.717) is 18.4 Å². The number of pyridine rings is 1. The molecule has 4 heterocycles. The van der Waals surface area contributed by atoms with Crippen LogP contribution in [0, 0.1) is 5.92 Å². The molecule has 2 aliphatic heterocycles. The van der Waals surface area contributed by atoms with Crippen LogP contribution < -0.4 is 5.56 Å². The van der Waals surface area contributed by atoms with Gasteiger partial charge in [0.2, 0.25) is 0 Å². The van der Waals surface area contributed by atoms with Gasteiger partial charge in [-0.1, -0.05) is 6.07 Å². The molecular formula is C21H27N5O3. The first-order chi connectivity index (χ1) is 14.0. The van der Waals surface area contributed by atoms with Gasteiger partial charge in [0.1, 0.15) is 0 Å². The van der Waals surface area contributed by atoms with Crippen LogP contribution in [0.5, 0.6) is 0 Å². The maximum Gasteiger partial charge on any atom is 0.319 e. The highest BCUT2D eigenvalue weighted by Crippen LogP contribution is 2.35. The van der Waals surface area contributed by atoms with Gasteiger partial charge in [0, 0.05) is 68.5 Å². The van der Waals surface area contributed by atoms with Crippen LogP contribution in [0.25, 0.3) is 0 Å². The molecule has 2 atom stereocenters. The van der Waals surface area contributed by atoms with Gasteiger partial charge in [-0.25, -0.2) is 0 Å². The monoisotopic (exact) mass is 397 g/mol. The second-order valence-electron chi connectivity index (χ2n) is 8.14. The van der Waals surface area contributed by atoms with Crippen LogP contribution in [-0.4, -0.2) is 64.1 Å². The van der Waals surface area contributed by atoms with Crippen LogP contribution in [0.1, 0.15) is 29.3 Å². The van der Waals surface area contributed by atoms with E-state index in [2.05, 4.69) is 20.9 Å². The number of esters is 1. The van der Waals surface area contributed by atoms with E-state index < -0.39 is 0 Å². The predicted octanol–water partition coefficient (Wildman–Crippen LogP) is 0.862. The number of fused-ring (bicyclic) bond motifs is 4. The molecular weight excluding hydrogens is 370 g/mol. The molecule has 0 saturated carbocycles. The minimum Gasteiger partial charge on any atom is -0.468 e. The summed E-state index contributed by atoms with van der Waals surface area (Å²) in [7, 11) is 3.19. The third-order valence-corrected chi connectivity index (χ3v) is 5.83. The zero-order valence-electron chi connectivity index (χ0n) is 17.0. The number of rotatable bonds is 6. The molecule has 8 nitrogen and oxygen atoms in total. The molecule has 0 N–H and O–H groups in total. The van der Waals surface area contributed by atoms with Crippen molar-refractivity contribution in [3.05, 3.63) is 58.0 Å². The lowest BCUT2D eigenvalue weighted by atomic mass is 9.83. The van der Waals surface area contributed by atoms with E-state index in [1.165, 1.54) is 7.11 Å². The number of carbonyl (C=O) groups excluding carboxylic acids is 1. The van der Waals surface area contributed by atoms with Crippen molar-refractivity contribution in [3.63, 3.8) is 0 Å². The van der Waals surface area contributed by atoms with Crippen LogP contribution >= 0.6 is 0 Å². The molecule has 2 aliphatic rings. The fraction of sp³-hybridized carbons (Fsp3) is 0.524. The highest BCUT2D eigenvalue weighted by molar-refractivity contribution is 5.71. The zero-order valence-corrected chi connectivity index (χ0v) is 17.0. The highest BCUT2D eigenvalue weighted by atomic mass is 16.5. The van der Waals surface area contributed by atoms with Gasteiger partial charge in [-0.05, 0) is 25.5 Å². The molecule has 0 radical (unpaired) electrons. The van der Waals surface area contributed by atoms with Crippen LogP contribution in [-0.2, 0) is 29.2 Å². The third kappa shape index (κ3) is 4.38. The summed E-state index contributed by atoms with van der Waals surface area (Å²) in [5.74, 6) is 0.510. The highest BCUT2D eigenvalue weighted by Gasteiger charge is 2.35. The Kier molecular flexibility index (Phi) is 5.73. The Morgan fingerprint density at radius 2 is 2.14 bits per heavy atom. The fourth-order valence-electron chi connectivity index (χ4n) is 4.61. The molecule has 0 unspecified atom stereocenters. The van der Waals surface area contributed by atoms with Crippen molar-refractivity contribution < 1.29 is 9.53 Å². The Bertz CT molecular complexity index is 930. The number of likely N-dealkylation sites (N-methyl/N-ethyl adjacent to an activating group) is 1. The average Bonchev–Trinajstić information content (AvgIpc) is 2.71. The lowest BCUT2D eigenvalue weighted by Crippen LogP contribution is -2.47. The van der Waals surface area contributed by atoms with E-state index in [1.54, 1.807) is 12.4 Å². The molecule has 0 aromatic carbocycles. The summed E-state index contributed by atoms with van der Waals surface area (Å²) in [6, 6.07) is 4.01. The summed E-state index contributed by atoms with van der Waals surface area (Å²) < 4.78 is 6.66. The molecule has 0 aliphatic carbocycles. The van der Waals surface area contributed by atoms with E-state index >= 15 is 0 Å². The fourth-order valence-corrected chi connectivity index (χ4v) is 4.61. The minimum absolute atomic E-state index is 0.0660. The molecule has 4 rings (SSSR count). The number of likely N-dealkylation sites (tertiary alicyclic amines) is 1. The van der Waals surface area contributed by atoms with Gasteiger partial charge >= 0.3 is 5.97 Å². The number of piperidine rings is 1. The van der Waals surface area contributed by atoms with Crippen molar-refractivity contribution in [2.45, 2.75) is 32.0 Å². The number of nitrogens with zero attached hydrogens (tertiary/aromatic N) is 5. The molecule has 1 fully saturated rings. The average molecular weight is 397 g/mol. The second kappa shape index (κ2) is 8.42. The van der Waals surface area contributed by atoms with Crippen molar-refractivity contribution in [1.29, 1.82) is 0 Å². The van der Waals surface area contributed by atoms with Gasteiger partial charge in [-0.3, -0.25) is 29.4 Å². The molecule has 1 saturated heterocycles. The van der Waals surface area contributed by atoms with Gasteiger partial charge < -0.3 is 9.30 Å². The van der Waals surface area contributed by atoms with E-state index in [4.69, 9.17) is 4.74 Å². The summed E-state index contributed by atoms with van der Waals surface area (Å²) in [6.45, 7) is 4.03. The smallest absolute Gasteiger partial charge is 0.319 e. The molecule has 154 valence electrons. The SMILES string of the molecule is COC(=O)CN(C)Cc1ccc2n(c1=O)C[C@H]1C[C@@H]2CN(Cc2cnccn2)C1. The summed E-state index contributed by atoms with van der Waals surface area (Å²) in [4.78, 5) is 37.3. The van der Waals surface area contributed by atoms with Gasteiger partial charge in [0.25, 0.3) is 5.56 Å². The number of hydrogen-bond acceptors (Lipinski definition) is 7. The topological polar surface area (TPSA) is 80.6 Å². The number of hydrogen-bond donors (Lipinski definition) is 0. The van der Waals surface area contributed by atoms with Gasteiger partial charge in [0.15, 0.2) is 0 Å². The summed E-state index contributed by atoms with van der Waals surface area (Å²) in [6.07, 6.45) is 6.36. The van der Waals surface area contributed by atoms with Crippen molar-refractivity contribution >= 4 is 5.97 Å². The van der Waals surface area contributed by atoms with Crippen molar-refractivity contribution in [1.82, 2.24) is 24.3 Å². The maximum atomic E-state index is 13.1. The Labute approximate surface area is 170 Å². The first kappa shape index (κ1) is 19.7. The van der Waals surface area contributed by atoms with Crippen LogP contribution in [0.2, 0.25) is 0 Å². The van der Waals surface area contributed by atoms with Gasteiger partial charge in [0.05, 0.1) is 19.3 Å². The number of methoxy groups -OCH3 is 1. The largest absolute Gasteiger partial charge is 0.468 e. The third-order valence-electron chi connectivity index (χ3n) is 5.83. The van der Waals surface area contributed by atoms with Crippen LogP contribution in [0.15, 0.2) is 35.5 Å². The van der Waals surface area contributed by atoms with E-state index in [-0.39, 0.29) is 18.1 Å². The van der Waals surface area contributed by atoms with Crippen molar-refractivity contribution in [3.8, 4) is 0 Å². The Morgan fingerprint density at radius 3 is 2.90 bits per heavy atom. The Morgan fingerprint density at radius 1 is 1.28 bits per heavy atom. The van der Waals surface area contributed by atoms with E-state index in [9.17, 15) is 9.59 Å². The minimum atomic E-state index is -0.303. The molecule has 0 amide bonds. The molecule has 8 heteroatoms. The molecule has 0 spiro atoms. The molecule has 29 heavy (non-hydrogen) atoms. The Hall–Kier alpha value is -2.58. The lowest BCUT2D eigenvalue weighted by molar-refractivity contribution is -0.141. The van der Waals surface area contributed by atoms with Gasteiger partial charge in [-0.15, -0.1) is 0 Å². The van der Waals surface area contributed by atoms with Gasteiger partial charge in [-0.2, -0.15) is 0 Å². The lowest BCUT2D eigenvalue weighted by Gasteiger charge is -2.42. The van der Waals surface area contributed by atoms with E-state index in [0.717, 1.165) is 49.6 Å². The van der Waals surface area contributed by atoms with E-state index in [1.807, 2.05) is 28.8 Å². The normalized spacial score (nSPS) is 21.1. The number of ether oxygens (including phenoxy) is 1. The first-order valence-corrected chi connectivity index (χ1v) is 9.98. The van der Waals surface area contributed by atoms with Crippen molar-refractivity contribution in [2.24, 2.45) is 5.92 Å². The Balaban J connectivity index is 1.49. The predicted molar refractivity (Wildman–Crippen MR) is 107 cm³/mol. The molecule has 2 aromatic rings. The van der Waals surface area contributed by atoms with Crippen LogP contribution in [0.4, 0.5) is 0 Å². The molecule has 2 aromatic heterocycles. The summed E-state index contributed by atoms with van der Waals surface area (Å²) in [5, 5.41) is 0. The summed E-state index contributed by atoms with van der Waals surface area (Å²) in [5.41, 5.74) is 2.89. The second-order valence-corrected chi connectivity index (χ2v) is 8.14. The van der Waals surface area contributed by atoms with Crippen molar-refractivity contribution in [2.75, 3.05) is 33.8 Å². The molecule has 2 bridgehead atoms. The standard InChI is InChI=1S/C21H27N5O3/c1-24(14-20(27)29-2)11-16-3-4-19-17-7-15(10-26(19)21(16)28)9-25(12-17)13-18-8-22-5-6-23-18/h3-6,8,15,17H,7,9-14H2,1-2H3/t15-,17+/m0/s1.